The molecule has 1 saturated carbocycles. The Morgan fingerprint density at radius 3 is 2.50 bits per heavy atom. The minimum atomic E-state index is -0.730. The van der Waals surface area contributed by atoms with Crippen LogP contribution in [0.2, 0.25) is 0 Å². The molecule has 2 aromatic rings. The highest BCUT2D eigenvalue weighted by Gasteiger charge is 2.32. The Morgan fingerprint density at radius 2 is 1.82 bits per heavy atom. The van der Waals surface area contributed by atoms with E-state index in [9.17, 15) is 24.0 Å². The topological polar surface area (TPSA) is 131 Å². The second-order valence-corrected chi connectivity index (χ2v) is 8.70. The van der Waals surface area contributed by atoms with Crippen LogP contribution in [0.1, 0.15) is 64.8 Å². The molecule has 1 aliphatic carbocycles. The van der Waals surface area contributed by atoms with Gasteiger partial charge in [0.25, 0.3) is 5.91 Å². The van der Waals surface area contributed by atoms with Crippen molar-refractivity contribution in [2.24, 2.45) is 0 Å². The van der Waals surface area contributed by atoms with E-state index in [1.54, 1.807) is 6.92 Å². The van der Waals surface area contributed by atoms with Crippen molar-refractivity contribution < 1.29 is 33.4 Å². The number of carbonyl (C=O) groups is 5. The highest BCUT2D eigenvalue weighted by atomic mass is 32.1. The molecule has 2 N–H and O–H groups in total. The summed E-state index contributed by atoms with van der Waals surface area (Å²) in [5.41, 5.74) is 4.29. The summed E-state index contributed by atoms with van der Waals surface area (Å²) in [7, 11) is 0. The number of hydrogen-bond acceptors (Lipinski definition) is 8. The molecule has 3 amide bonds. The fourth-order valence-corrected chi connectivity index (χ4v) is 4.53. The van der Waals surface area contributed by atoms with Gasteiger partial charge in [-0.1, -0.05) is 0 Å². The van der Waals surface area contributed by atoms with Crippen LogP contribution in [0, 0.1) is 0 Å². The molecule has 1 saturated heterocycles. The molecule has 1 aliphatic heterocycles. The van der Waals surface area contributed by atoms with Gasteiger partial charge >= 0.3 is 11.9 Å². The molecule has 0 unspecified atom stereocenters. The van der Waals surface area contributed by atoms with Gasteiger partial charge in [-0.05, 0) is 60.9 Å². The maximum absolute atomic E-state index is 12.4. The average molecular weight is 486 g/mol. The van der Waals surface area contributed by atoms with Gasteiger partial charge in [-0.25, -0.2) is 14.6 Å². The SMILES string of the molecule is CCOC(=O)c1c(C2CC2)csc1NC(=O)COC(=O)c1ccc(N2NC(=O)CCC2=O)cc1. The van der Waals surface area contributed by atoms with Gasteiger partial charge in [-0.2, -0.15) is 0 Å². The summed E-state index contributed by atoms with van der Waals surface area (Å²) in [4.78, 5) is 60.6. The van der Waals surface area contributed by atoms with Crippen LogP contribution in [-0.2, 0) is 23.9 Å². The van der Waals surface area contributed by atoms with Crippen LogP contribution in [0.4, 0.5) is 10.7 Å². The van der Waals surface area contributed by atoms with E-state index in [4.69, 9.17) is 9.47 Å². The molecule has 0 radical (unpaired) electrons. The number of thiophene rings is 1. The average Bonchev–Trinajstić information content (AvgIpc) is 3.59. The zero-order valence-electron chi connectivity index (χ0n) is 18.4. The zero-order valence-corrected chi connectivity index (χ0v) is 19.2. The molecule has 0 atom stereocenters. The van der Waals surface area contributed by atoms with Gasteiger partial charge < -0.3 is 14.8 Å². The first-order chi connectivity index (χ1) is 16.4. The van der Waals surface area contributed by atoms with Gasteiger partial charge in [0.05, 0.1) is 23.4 Å². The first-order valence-electron chi connectivity index (χ1n) is 10.8. The van der Waals surface area contributed by atoms with E-state index in [1.165, 1.54) is 35.6 Å². The highest BCUT2D eigenvalue weighted by Crippen LogP contribution is 2.46. The molecule has 1 aromatic carbocycles. The number of hydrogen-bond donors (Lipinski definition) is 2. The largest absolute Gasteiger partial charge is 0.462 e. The van der Waals surface area contributed by atoms with E-state index in [0.29, 0.717) is 22.2 Å². The Morgan fingerprint density at radius 1 is 1.09 bits per heavy atom. The van der Waals surface area contributed by atoms with Gasteiger partial charge in [0, 0.05) is 12.8 Å². The second-order valence-electron chi connectivity index (χ2n) is 7.83. The van der Waals surface area contributed by atoms with E-state index >= 15 is 0 Å². The summed E-state index contributed by atoms with van der Waals surface area (Å²) in [5, 5.41) is 5.99. The van der Waals surface area contributed by atoms with Gasteiger partial charge in [-0.3, -0.25) is 19.8 Å². The summed E-state index contributed by atoms with van der Waals surface area (Å²) < 4.78 is 10.2. The van der Waals surface area contributed by atoms with E-state index in [-0.39, 0.29) is 36.8 Å². The molecule has 1 aromatic heterocycles. The maximum atomic E-state index is 12.4. The number of carbonyl (C=O) groups excluding carboxylic acids is 5. The third-order valence-electron chi connectivity index (χ3n) is 5.32. The smallest absolute Gasteiger partial charge is 0.341 e. The fourth-order valence-electron chi connectivity index (χ4n) is 3.48. The van der Waals surface area contributed by atoms with Crippen molar-refractivity contribution in [1.82, 2.24) is 5.43 Å². The van der Waals surface area contributed by atoms with Crippen LogP contribution in [0.3, 0.4) is 0 Å². The van der Waals surface area contributed by atoms with Gasteiger partial charge in [0.1, 0.15) is 5.00 Å². The molecule has 4 rings (SSSR count). The summed E-state index contributed by atoms with van der Waals surface area (Å²) in [6.07, 6.45) is 2.22. The molecule has 34 heavy (non-hydrogen) atoms. The number of nitrogens with one attached hydrogen (secondary N) is 2. The van der Waals surface area contributed by atoms with Crippen molar-refractivity contribution in [3.63, 3.8) is 0 Å². The third kappa shape index (κ3) is 5.25. The lowest BCUT2D eigenvalue weighted by Crippen LogP contribution is -2.50. The number of hydrazine groups is 1. The minimum absolute atomic E-state index is 0.106. The molecule has 0 spiro atoms. The van der Waals surface area contributed by atoms with Gasteiger partial charge in [0.15, 0.2) is 6.61 Å². The lowest BCUT2D eigenvalue weighted by molar-refractivity contribution is -0.130. The van der Waals surface area contributed by atoms with E-state index < -0.39 is 24.5 Å². The van der Waals surface area contributed by atoms with Crippen LogP contribution in [-0.4, -0.2) is 42.9 Å². The Hall–Kier alpha value is -3.73. The number of ether oxygens (including phenoxy) is 2. The van der Waals surface area contributed by atoms with Gasteiger partial charge in [-0.15, -0.1) is 11.3 Å². The lowest BCUT2D eigenvalue weighted by Gasteiger charge is -2.27. The number of esters is 2. The first-order valence-corrected chi connectivity index (χ1v) is 11.7. The normalized spacial score (nSPS) is 15.5. The van der Waals surface area contributed by atoms with Crippen molar-refractivity contribution in [3.05, 3.63) is 46.3 Å². The lowest BCUT2D eigenvalue weighted by atomic mass is 10.1. The molecule has 2 fully saturated rings. The van der Waals surface area contributed by atoms with Crippen molar-refractivity contribution in [2.75, 3.05) is 23.5 Å². The second kappa shape index (κ2) is 10.0. The Kier molecular flexibility index (Phi) is 6.92. The summed E-state index contributed by atoms with van der Waals surface area (Å²) in [5.74, 6) is -2.02. The number of anilines is 2. The summed E-state index contributed by atoms with van der Waals surface area (Å²) in [6, 6.07) is 5.86. The first kappa shape index (κ1) is 23.4. The summed E-state index contributed by atoms with van der Waals surface area (Å²) in [6.45, 7) is 1.40. The number of amides is 3. The van der Waals surface area contributed by atoms with Crippen molar-refractivity contribution in [2.45, 2.75) is 38.5 Å². The monoisotopic (exact) mass is 485 g/mol. The molecule has 0 bridgehead atoms. The third-order valence-corrected chi connectivity index (χ3v) is 6.23. The van der Waals surface area contributed by atoms with Crippen LogP contribution in [0.15, 0.2) is 29.6 Å². The zero-order chi connectivity index (χ0) is 24.2. The van der Waals surface area contributed by atoms with Crippen molar-refractivity contribution in [3.8, 4) is 0 Å². The molecular weight excluding hydrogens is 462 g/mol. The van der Waals surface area contributed by atoms with Crippen LogP contribution < -0.4 is 15.8 Å². The molecule has 10 nitrogen and oxygen atoms in total. The molecular formula is C23H23N3O7S. The van der Waals surface area contributed by atoms with Crippen LogP contribution >= 0.6 is 11.3 Å². The van der Waals surface area contributed by atoms with Crippen LogP contribution in [0.5, 0.6) is 0 Å². The molecule has 11 heteroatoms. The molecule has 2 aliphatic rings. The number of benzene rings is 1. The fraction of sp³-hybridized carbons (Fsp3) is 0.348. The standard InChI is InChI=1S/C23H23N3O7S/c1-2-32-23(31)20-16(13-3-4-13)12-34-21(20)24-18(28)11-33-22(30)14-5-7-15(8-6-14)26-19(29)10-9-17(27)25-26/h5-8,12-13H,2-4,9-11H2,1H3,(H,24,28)(H,25,27). The highest BCUT2D eigenvalue weighted by molar-refractivity contribution is 7.15. The maximum Gasteiger partial charge on any atom is 0.341 e. The van der Waals surface area contributed by atoms with E-state index in [1.807, 2.05) is 5.38 Å². The predicted molar refractivity (Wildman–Crippen MR) is 122 cm³/mol. The number of rotatable bonds is 8. The summed E-state index contributed by atoms with van der Waals surface area (Å²) >= 11 is 1.24. The van der Waals surface area contributed by atoms with Gasteiger partial charge in [0.2, 0.25) is 11.8 Å². The van der Waals surface area contributed by atoms with E-state index in [2.05, 4.69) is 10.7 Å². The van der Waals surface area contributed by atoms with Crippen molar-refractivity contribution >= 4 is 51.7 Å². The quantitative estimate of drug-likeness (QED) is 0.550. The predicted octanol–water partition coefficient (Wildman–Crippen LogP) is 2.76. The van der Waals surface area contributed by atoms with Crippen LogP contribution in [0.25, 0.3) is 0 Å². The number of nitrogens with zero attached hydrogens (tertiary/aromatic N) is 1. The van der Waals surface area contributed by atoms with E-state index in [0.717, 1.165) is 23.4 Å². The Bertz CT molecular complexity index is 1140. The minimum Gasteiger partial charge on any atom is -0.462 e. The Balaban J connectivity index is 1.35. The Labute approximate surface area is 199 Å². The molecule has 178 valence electrons. The molecule has 2 heterocycles. The van der Waals surface area contributed by atoms with Crippen molar-refractivity contribution in [1.29, 1.82) is 0 Å².